The molecule has 1 aliphatic rings. The highest BCUT2D eigenvalue weighted by molar-refractivity contribution is 6.12. The molecule has 1 aromatic rings. The van der Waals surface area contributed by atoms with Crippen LogP contribution in [0.3, 0.4) is 0 Å². The lowest BCUT2D eigenvalue weighted by atomic mass is 10.00. The first-order valence-electron chi connectivity index (χ1n) is 6.90. The maximum absolute atomic E-state index is 4.73. The fraction of sp³-hybridized carbons (Fsp3) is 0.211. The van der Waals surface area contributed by atoms with Gasteiger partial charge in [0, 0.05) is 0 Å². The highest BCUT2D eigenvalue weighted by Crippen LogP contribution is 2.16. The van der Waals surface area contributed by atoms with Gasteiger partial charge in [0.2, 0.25) is 0 Å². The average Bonchev–Trinajstić information content (AvgIpc) is 2.42. The summed E-state index contributed by atoms with van der Waals surface area (Å²) in [7, 11) is 0. The summed E-state index contributed by atoms with van der Waals surface area (Å²) in [6, 6.07) is 6.52. The second kappa shape index (κ2) is 6.33. The molecule has 2 rings (SSSR count). The summed E-state index contributed by atoms with van der Waals surface area (Å²) >= 11 is 0. The molecule has 1 heteroatoms. The molecule has 102 valence electrons. The van der Waals surface area contributed by atoms with Crippen molar-refractivity contribution < 1.29 is 0 Å². The van der Waals surface area contributed by atoms with Gasteiger partial charge >= 0.3 is 0 Å². The summed E-state index contributed by atoms with van der Waals surface area (Å²) in [4.78, 5) is 4.73. The van der Waals surface area contributed by atoms with E-state index in [9.17, 15) is 0 Å². The van der Waals surface area contributed by atoms with Gasteiger partial charge in [-0.3, -0.25) is 4.99 Å². The van der Waals surface area contributed by atoms with Crippen LogP contribution >= 0.6 is 0 Å². The Morgan fingerprint density at radius 1 is 1.10 bits per heavy atom. The third-order valence-corrected chi connectivity index (χ3v) is 3.48. The first kappa shape index (κ1) is 14.3. The Bertz CT molecular complexity index is 640. The molecule has 1 aromatic carbocycles. The second-order valence-corrected chi connectivity index (χ2v) is 5.20. The maximum Gasteiger partial charge on any atom is 0.0650 e. The molecule has 0 fully saturated rings. The van der Waals surface area contributed by atoms with Crippen LogP contribution < -0.4 is 0 Å². The molecule has 0 spiro atoms. The Morgan fingerprint density at radius 3 is 2.60 bits per heavy atom. The summed E-state index contributed by atoms with van der Waals surface area (Å²) in [5.41, 5.74) is 7.28. The predicted molar refractivity (Wildman–Crippen MR) is 88.2 cm³/mol. The molecule has 0 atom stereocenters. The molecule has 0 bridgehead atoms. The van der Waals surface area contributed by atoms with Crippen molar-refractivity contribution in [2.24, 2.45) is 4.99 Å². The van der Waals surface area contributed by atoms with Gasteiger partial charge < -0.3 is 0 Å². The topological polar surface area (TPSA) is 12.4 Å². The molecule has 0 radical (unpaired) electrons. The van der Waals surface area contributed by atoms with Gasteiger partial charge in [-0.25, -0.2) is 0 Å². The smallest absolute Gasteiger partial charge is 0.0650 e. The molecule has 1 aliphatic carbocycles. The molecule has 0 aromatic heterocycles. The first-order chi connectivity index (χ1) is 9.60. The minimum Gasteiger partial charge on any atom is -0.280 e. The van der Waals surface area contributed by atoms with Gasteiger partial charge in [0.1, 0.15) is 0 Å². The summed E-state index contributed by atoms with van der Waals surface area (Å²) in [5.74, 6) is 0. The third-order valence-electron chi connectivity index (χ3n) is 3.48. The number of hydrogen-bond acceptors (Lipinski definition) is 1. The van der Waals surface area contributed by atoms with Gasteiger partial charge in [0.05, 0.1) is 12.3 Å². The molecule has 1 nitrogen and oxygen atoms in total. The molecule has 20 heavy (non-hydrogen) atoms. The molecule has 0 aliphatic heterocycles. The molecular formula is C19H21N. The van der Waals surface area contributed by atoms with Crippen molar-refractivity contribution in [3.63, 3.8) is 0 Å². The van der Waals surface area contributed by atoms with E-state index in [4.69, 9.17) is 4.99 Å². The quantitative estimate of drug-likeness (QED) is 0.737. The molecule has 0 saturated heterocycles. The lowest BCUT2D eigenvalue weighted by molar-refractivity contribution is 1.06. The van der Waals surface area contributed by atoms with Gasteiger partial charge in [0.15, 0.2) is 0 Å². The van der Waals surface area contributed by atoms with E-state index in [0.29, 0.717) is 6.54 Å². The van der Waals surface area contributed by atoms with Crippen LogP contribution in [0.4, 0.5) is 0 Å². The predicted octanol–water partition coefficient (Wildman–Crippen LogP) is 4.87. The number of aryl methyl sites for hydroxylation is 2. The molecule has 0 N–H and O–H groups in total. The number of allylic oxidation sites excluding steroid dienone is 7. The Balaban J connectivity index is 2.22. The van der Waals surface area contributed by atoms with Gasteiger partial charge in [-0.05, 0) is 55.2 Å². The third kappa shape index (κ3) is 3.45. The Labute approximate surface area is 121 Å². The summed E-state index contributed by atoms with van der Waals surface area (Å²) in [6.07, 6.45) is 10.1. The largest absolute Gasteiger partial charge is 0.280 e. The SMILES string of the molecule is C=C/C=C1/C=C(C)C=CC1=NCc1ccc(C)c(C)c1. The molecular weight excluding hydrogens is 242 g/mol. The second-order valence-electron chi connectivity index (χ2n) is 5.20. The Morgan fingerprint density at radius 2 is 1.90 bits per heavy atom. The average molecular weight is 263 g/mol. The van der Waals surface area contributed by atoms with Crippen molar-refractivity contribution in [3.8, 4) is 0 Å². The summed E-state index contributed by atoms with van der Waals surface area (Å²) in [5, 5.41) is 0. The first-order valence-corrected chi connectivity index (χ1v) is 6.90. The van der Waals surface area contributed by atoms with E-state index in [1.54, 1.807) is 0 Å². The normalized spacial score (nSPS) is 18.4. The summed E-state index contributed by atoms with van der Waals surface area (Å²) < 4.78 is 0. The minimum atomic E-state index is 0.710. The fourth-order valence-corrected chi connectivity index (χ4v) is 2.16. The minimum absolute atomic E-state index is 0.710. The number of benzene rings is 1. The number of aliphatic imine (C=N–C) groups is 1. The van der Waals surface area contributed by atoms with Crippen molar-refractivity contribution >= 4 is 5.71 Å². The lowest BCUT2D eigenvalue weighted by Crippen LogP contribution is -2.02. The Hall–Kier alpha value is -2.15. The van der Waals surface area contributed by atoms with Gasteiger partial charge in [-0.15, -0.1) is 0 Å². The fourth-order valence-electron chi connectivity index (χ4n) is 2.16. The molecule has 0 saturated carbocycles. The van der Waals surface area contributed by atoms with Crippen LogP contribution in [0.25, 0.3) is 0 Å². The van der Waals surface area contributed by atoms with Crippen LogP contribution in [-0.2, 0) is 6.54 Å². The van der Waals surface area contributed by atoms with Crippen LogP contribution in [0.5, 0.6) is 0 Å². The Kier molecular flexibility index (Phi) is 4.52. The van der Waals surface area contributed by atoms with Crippen LogP contribution in [0.1, 0.15) is 23.6 Å². The van der Waals surface area contributed by atoms with E-state index < -0.39 is 0 Å². The van der Waals surface area contributed by atoms with Crippen LogP contribution in [0.15, 0.2) is 71.3 Å². The monoisotopic (exact) mass is 263 g/mol. The van der Waals surface area contributed by atoms with E-state index >= 15 is 0 Å². The maximum atomic E-state index is 4.73. The number of hydrogen-bond donors (Lipinski definition) is 0. The van der Waals surface area contributed by atoms with Crippen molar-refractivity contribution in [1.29, 1.82) is 0 Å². The lowest BCUT2D eigenvalue weighted by Gasteiger charge is -2.10. The number of rotatable bonds is 3. The van der Waals surface area contributed by atoms with E-state index in [0.717, 1.165) is 11.3 Å². The van der Waals surface area contributed by atoms with Crippen LogP contribution in [0.2, 0.25) is 0 Å². The summed E-state index contributed by atoms with van der Waals surface area (Å²) in [6.45, 7) is 10.8. The van der Waals surface area contributed by atoms with E-state index in [1.165, 1.54) is 22.3 Å². The van der Waals surface area contributed by atoms with Crippen molar-refractivity contribution in [1.82, 2.24) is 0 Å². The number of nitrogens with zero attached hydrogens (tertiary/aromatic N) is 1. The van der Waals surface area contributed by atoms with Gasteiger partial charge in [-0.1, -0.05) is 48.6 Å². The highest BCUT2D eigenvalue weighted by Gasteiger charge is 2.05. The van der Waals surface area contributed by atoms with Gasteiger partial charge in [0.25, 0.3) is 0 Å². The zero-order chi connectivity index (χ0) is 14.5. The van der Waals surface area contributed by atoms with Crippen molar-refractivity contribution in [2.75, 3.05) is 0 Å². The highest BCUT2D eigenvalue weighted by atomic mass is 14.7. The van der Waals surface area contributed by atoms with E-state index in [-0.39, 0.29) is 0 Å². The van der Waals surface area contributed by atoms with E-state index in [2.05, 4.69) is 63.8 Å². The van der Waals surface area contributed by atoms with Crippen LogP contribution in [-0.4, -0.2) is 5.71 Å². The molecule has 0 heterocycles. The van der Waals surface area contributed by atoms with Gasteiger partial charge in [-0.2, -0.15) is 0 Å². The van der Waals surface area contributed by atoms with E-state index in [1.807, 2.05) is 12.2 Å². The van der Waals surface area contributed by atoms with Crippen molar-refractivity contribution in [3.05, 3.63) is 83.0 Å². The van der Waals surface area contributed by atoms with Crippen LogP contribution in [0, 0.1) is 13.8 Å². The zero-order valence-corrected chi connectivity index (χ0v) is 12.5. The molecule has 0 amide bonds. The zero-order valence-electron chi connectivity index (χ0n) is 12.5. The van der Waals surface area contributed by atoms with Crippen molar-refractivity contribution in [2.45, 2.75) is 27.3 Å². The molecule has 0 unspecified atom stereocenters. The standard InChI is InChI=1S/C19H21N/c1-5-6-18-11-14(2)7-10-19(18)20-13-17-9-8-15(3)16(4)12-17/h5-12H,1,13H2,2-4H3/b18-6-,20-19?.